The van der Waals surface area contributed by atoms with E-state index in [0.29, 0.717) is 6.04 Å². The first kappa shape index (κ1) is 13.1. The third-order valence-corrected chi connectivity index (χ3v) is 3.57. The molecule has 1 N–H and O–H groups in total. The lowest BCUT2D eigenvalue weighted by Crippen LogP contribution is -2.29. The molecule has 3 heteroatoms. The molecular formula is C15H20N2O. The molecule has 1 aromatic carbocycles. The standard InChI is InChI=1S/C15H20N2O/c1-12(15-4-2-3-14(9-15)10-16)17-11-13-5-7-18-8-6-13/h2-4,9,12-13,17H,5-8,11H2,1H3. The first-order valence-electron chi connectivity index (χ1n) is 6.61. The number of benzene rings is 1. The molecule has 0 amide bonds. The quantitative estimate of drug-likeness (QED) is 0.885. The number of ether oxygens (including phenoxy) is 1. The molecule has 0 bridgehead atoms. The predicted octanol–water partition coefficient (Wildman–Crippen LogP) is 2.64. The van der Waals surface area contributed by atoms with Gasteiger partial charge in [0.15, 0.2) is 0 Å². The molecule has 0 radical (unpaired) electrons. The fourth-order valence-electron chi connectivity index (χ4n) is 2.29. The first-order valence-corrected chi connectivity index (χ1v) is 6.61. The maximum absolute atomic E-state index is 8.89. The number of hydrogen-bond donors (Lipinski definition) is 1. The zero-order valence-electron chi connectivity index (χ0n) is 10.9. The predicted molar refractivity (Wildman–Crippen MR) is 71.1 cm³/mol. The molecule has 96 valence electrons. The molecular weight excluding hydrogens is 224 g/mol. The van der Waals surface area contributed by atoms with Crippen LogP contribution in [-0.2, 0) is 4.74 Å². The van der Waals surface area contributed by atoms with Gasteiger partial charge < -0.3 is 10.1 Å². The van der Waals surface area contributed by atoms with E-state index in [4.69, 9.17) is 10.00 Å². The second-order valence-corrected chi connectivity index (χ2v) is 4.92. The maximum atomic E-state index is 8.89. The number of nitriles is 1. The summed E-state index contributed by atoms with van der Waals surface area (Å²) in [5.41, 5.74) is 1.91. The van der Waals surface area contributed by atoms with Crippen LogP contribution in [-0.4, -0.2) is 19.8 Å². The van der Waals surface area contributed by atoms with E-state index in [1.807, 2.05) is 18.2 Å². The van der Waals surface area contributed by atoms with E-state index in [9.17, 15) is 0 Å². The summed E-state index contributed by atoms with van der Waals surface area (Å²) in [6.07, 6.45) is 2.30. The van der Waals surface area contributed by atoms with Crippen LogP contribution in [0.15, 0.2) is 24.3 Å². The van der Waals surface area contributed by atoms with Crippen molar-refractivity contribution in [1.29, 1.82) is 5.26 Å². The molecule has 1 saturated heterocycles. The van der Waals surface area contributed by atoms with Gasteiger partial charge in [-0.2, -0.15) is 5.26 Å². The molecule has 3 nitrogen and oxygen atoms in total. The molecule has 0 spiro atoms. The molecule has 1 unspecified atom stereocenters. The monoisotopic (exact) mass is 244 g/mol. The summed E-state index contributed by atoms with van der Waals surface area (Å²) in [4.78, 5) is 0. The van der Waals surface area contributed by atoms with E-state index in [-0.39, 0.29) is 0 Å². The van der Waals surface area contributed by atoms with Crippen LogP contribution < -0.4 is 5.32 Å². The summed E-state index contributed by atoms with van der Waals surface area (Å²) in [6.45, 7) is 4.96. The third-order valence-electron chi connectivity index (χ3n) is 3.57. The highest BCUT2D eigenvalue weighted by Crippen LogP contribution is 2.17. The van der Waals surface area contributed by atoms with Crippen molar-refractivity contribution in [3.05, 3.63) is 35.4 Å². The van der Waals surface area contributed by atoms with E-state index >= 15 is 0 Å². The van der Waals surface area contributed by atoms with Gasteiger partial charge in [-0.15, -0.1) is 0 Å². The van der Waals surface area contributed by atoms with Crippen molar-refractivity contribution in [2.75, 3.05) is 19.8 Å². The van der Waals surface area contributed by atoms with Crippen molar-refractivity contribution in [2.24, 2.45) is 5.92 Å². The van der Waals surface area contributed by atoms with Crippen LogP contribution in [0.25, 0.3) is 0 Å². The van der Waals surface area contributed by atoms with Gasteiger partial charge in [-0.3, -0.25) is 0 Å². The Kier molecular flexibility index (Phi) is 4.74. The summed E-state index contributed by atoms with van der Waals surface area (Å²) in [5, 5.41) is 12.4. The minimum Gasteiger partial charge on any atom is -0.381 e. The van der Waals surface area contributed by atoms with Gasteiger partial charge >= 0.3 is 0 Å². The SMILES string of the molecule is CC(NCC1CCOCC1)c1cccc(C#N)c1. The molecule has 0 aromatic heterocycles. The average molecular weight is 244 g/mol. The van der Waals surface area contributed by atoms with Crippen molar-refractivity contribution in [1.82, 2.24) is 5.32 Å². The minimum absolute atomic E-state index is 0.293. The largest absolute Gasteiger partial charge is 0.381 e. The molecule has 2 rings (SSSR count). The van der Waals surface area contributed by atoms with Gasteiger partial charge in [-0.25, -0.2) is 0 Å². The molecule has 1 aliphatic rings. The lowest BCUT2D eigenvalue weighted by molar-refractivity contribution is 0.0656. The van der Waals surface area contributed by atoms with Gasteiger partial charge in [0.25, 0.3) is 0 Å². The van der Waals surface area contributed by atoms with E-state index in [2.05, 4.69) is 24.4 Å². The summed E-state index contributed by atoms with van der Waals surface area (Å²) >= 11 is 0. The van der Waals surface area contributed by atoms with Crippen LogP contribution in [0.5, 0.6) is 0 Å². The van der Waals surface area contributed by atoms with E-state index < -0.39 is 0 Å². The highest BCUT2D eigenvalue weighted by Gasteiger charge is 2.15. The van der Waals surface area contributed by atoms with Crippen molar-refractivity contribution >= 4 is 0 Å². The van der Waals surface area contributed by atoms with Gasteiger partial charge in [-0.05, 0) is 49.9 Å². The maximum Gasteiger partial charge on any atom is 0.0991 e. The Hall–Kier alpha value is -1.37. The molecule has 1 atom stereocenters. The van der Waals surface area contributed by atoms with Crippen LogP contribution in [0, 0.1) is 17.2 Å². The Labute approximate surface area is 109 Å². The van der Waals surface area contributed by atoms with Crippen LogP contribution in [0.3, 0.4) is 0 Å². The molecule has 0 saturated carbocycles. The van der Waals surface area contributed by atoms with Gasteiger partial charge in [0, 0.05) is 19.3 Å². The van der Waals surface area contributed by atoms with Crippen LogP contribution in [0.1, 0.15) is 36.9 Å². The highest BCUT2D eigenvalue weighted by atomic mass is 16.5. The fourth-order valence-corrected chi connectivity index (χ4v) is 2.29. The van der Waals surface area contributed by atoms with E-state index in [1.165, 1.54) is 5.56 Å². The van der Waals surface area contributed by atoms with Crippen LogP contribution in [0.2, 0.25) is 0 Å². The third kappa shape index (κ3) is 3.56. The Morgan fingerprint density at radius 2 is 2.22 bits per heavy atom. The summed E-state index contributed by atoms with van der Waals surface area (Å²) in [7, 11) is 0. The second-order valence-electron chi connectivity index (χ2n) is 4.92. The topological polar surface area (TPSA) is 45.0 Å². The molecule has 1 aromatic rings. The van der Waals surface area contributed by atoms with E-state index in [1.54, 1.807) is 0 Å². The molecule has 1 aliphatic heterocycles. The Morgan fingerprint density at radius 1 is 1.44 bits per heavy atom. The van der Waals surface area contributed by atoms with Crippen molar-refractivity contribution in [3.8, 4) is 6.07 Å². The Bertz CT molecular complexity index is 419. The van der Waals surface area contributed by atoms with Gasteiger partial charge in [-0.1, -0.05) is 12.1 Å². The summed E-state index contributed by atoms with van der Waals surface area (Å²) in [5.74, 6) is 0.723. The normalized spacial score (nSPS) is 18.2. The van der Waals surface area contributed by atoms with Crippen molar-refractivity contribution in [2.45, 2.75) is 25.8 Å². The fraction of sp³-hybridized carbons (Fsp3) is 0.533. The second kappa shape index (κ2) is 6.53. The van der Waals surface area contributed by atoms with Crippen LogP contribution in [0.4, 0.5) is 0 Å². The summed E-state index contributed by atoms with van der Waals surface area (Å²) in [6, 6.07) is 10.3. The lowest BCUT2D eigenvalue weighted by atomic mass is 9.99. The minimum atomic E-state index is 0.293. The smallest absolute Gasteiger partial charge is 0.0991 e. The van der Waals surface area contributed by atoms with E-state index in [0.717, 1.165) is 44.1 Å². The Balaban J connectivity index is 1.86. The van der Waals surface area contributed by atoms with Crippen molar-refractivity contribution < 1.29 is 4.74 Å². The number of hydrogen-bond acceptors (Lipinski definition) is 3. The molecule has 0 aliphatic carbocycles. The lowest BCUT2D eigenvalue weighted by Gasteiger charge is -2.24. The number of rotatable bonds is 4. The number of nitrogens with zero attached hydrogens (tertiary/aromatic N) is 1. The zero-order valence-corrected chi connectivity index (χ0v) is 10.9. The Morgan fingerprint density at radius 3 is 2.94 bits per heavy atom. The highest BCUT2D eigenvalue weighted by molar-refractivity contribution is 5.33. The van der Waals surface area contributed by atoms with Gasteiger partial charge in [0.2, 0.25) is 0 Å². The van der Waals surface area contributed by atoms with Gasteiger partial charge in [0.05, 0.1) is 11.6 Å². The number of nitrogens with one attached hydrogen (secondary N) is 1. The van der Waals surface area contributed by atoms with Gasteiger partial charge in [0.1, 0.15) is 0 Å². The van der Waals surface area contributed by atoms with Crippen molar-refractivity contribution in [3.63, 3.8) is 0 Å². The van der Waals surface area contributed by atoms with Crippen LogP contribution >= 0.6 is 0 Å². The first-order chi connectivity index (χ1) is 8.79. The average Bonchev–Trinajstić information content (AvgIpc) is 2.46. The molecule has 1 heterocycles. The summed E-state index contributed by atoms with van der Waals surface area (Å²) < 4.78 is 5.36. The zero-order chi connectivity index (χ0) is 12.8. The molecule has 18 heavy (non-hydrogen) atoms. The molecule has 1 fully saturated rings.